The number of hydrogen-bond acceptors (Lipinski definition) is 4. The number of benzene rings is 1. The minimum Gasteiger partial charge on any atom is -0.508 e. The predicted molar refractivity (Wildman–Crippen MR) is 88.6 cm³/mol. The molecule has 2 N–H and O–H groups in total. The summed E-state index contributed by atoms with van der Waals surface area (Å²) in [5.41, 5.74) is 3.53. The standard InChI is InChI=1S/C19H25NO3/c1-19-8-7-14-13-6-4-12(21)9-11(13)3-5-15(14)16(19)10-17(22)18(19)20-23-2/h4,6,9,14-17,21-22H,3,5,7-8,10H2,1-2H3/b20-18+. The van der Waals surface area contributed by atoms with Crippen molar-refractivity contribution in [2.75, 3.05) is 7.11 Å². The van der Waals surface area contributed by atoms with Crippen LogP contribution in [0.4, 0.5) is 0 Å². The molecule has 0 saturated heterocycles. The number of phenolic OH excluding ortho intramolecular Hbond substituents is 1. The van der Waals surface area contributed by atoms with E-state index in [4.69, 9.17) is 4.84 Å². The van der Waals surface area contributed by atoms with E-state index in [1.165, 1.54) is 11.1 Å². The summed E-state index contributed by atoms with van der Waals surface area (Å²) in [4.78, 5) is 5.02. The summed E-state index contributed by atoms with van der Waals surface area (Å²) < 4.78 is 0. The van der Waals surface area contributed by atoms with E-state index >= 15 is 0 Å². The number of rotatable bonds is 1. The van der Waals surface area contributed by atoms with Crippen molar-refractivity contribution in [1.82, 2.24) is 0 Å². The molecule has 3 aliphatic carbocycles. The van der Waals surface area contributed by atoms with Crippen LogP contribution in [-0.4, -0.2) is 29.1 Å². The van der Waals surface area contributed by atoms with Crippen molar-refractivity contribution in [2.45, 2.75) is 51.0 Å². The smallest absolute Gasteiger partial charge is 0.115 e. The average molecular weight is 315 g/mol. The first-order chi connectivity index (χ1) is 11.0. The van der Waals surface area contributed by atoms with Gasteiger partial charge in [0.1, 0.15) is 12.9 Å². The first-order valence-electron chi connectivity index (χ1n) is 8.66. The van der Waals surface area contributed by atoms with Crippen LogP contribution in [0, 0.1) is 17.3 Å². The Balaban J connectivity index is 1.71. The molecule has 4 rings (SSSR count). The Kier molecular flexibility index (Phi) is 3.41. The molecule has 0 aliphatic heterocycles. The summed E-state index contributed by atoms with van der Waals surface area (Å²) >= 11 is 0. The van der Waals surface area contributed by atoms with Crippen molar-refractivity contribution in [3.63, 3.8) is 0 Å². The molecule has 0 aromatic heterocycles. The fraction of sp³-hybridized carbons (Fsp3) is 0.632. The van der Waals surface area contributed by atoms with Gasteiger partial charge in [-0.05, 0) is 73.1 Å². The summed E-state index contributed by atoms with van der Waals surface area (Å²) in [5, 5.41) is 24.4. The molecule has 0 heterocycles. The zero-order chi connectivity index (χ0) is 16.2. The summed E-state index contributed by atoms with van der Waals surface area (Å²) in [5.74, 6) is 1.97. The van der Waals surface area contributed by atoms with Crippen LogP contribution >= 0.6 is 0 Å². The van der Waals surface area contributed by atoms with E-state index in [0.717, 1.165) is 37.8 Å². The van der Waals surface area contributed by atoms with E-state index in [-0.39, 0.29) is 5.41 Å². The Hall–Kier alpha value is -1.55. The van der Waals surface area contributed by atoms with Gasteiger partial charge in [-0.3, -0.25) is 0 Å². The molecule has 2 saturated carbocycles. The van der Waals surface area contributed by atoms with Gasteiger partial charge in [0.15, 0.2) is 0 Å². The van der Waals surface area contributed by atoms with Crippen molar-refractivity contribution < 1.29 is 15.1 Å². The number of aryl methyl sites for hydroxylation is 1. The largest absolute Gasteiger partial charge is 0.508 e. The Morgan fingerprint density at radius 2 is 2.13 bits per heavy atom. The maximum Gasteiger partial charge on any atom is 0.115 e. The Morgan fingerprint density at radius 3 is 2.91 bits per heavy atom. The number of aliphatic hydroxyl groups excluding tert-OH is 1. The van der Waals surface area contributed by atoms with Gasteiger partial charge in [-0.15, -0.1) is 0 Å². The highest BCUT2D eigenvalue weighted by Crippen LogP contribution is 2.60. The zero-order valence-corrected chi connectivity index (χ0v) is 13.8. The topological polar surface area (TPSA) is 62.0 Å². The number of oxime groups is 1. The van der Waals surface area contributed by atoms with Crippen LogP contribution in [0.15, 0.2) is 23.4 Å². The highest BCUT2D eigenvalue weighted by molar-refractivity contribution is 5.95. The van der Waals surface area contributed by atoms with Gasteiger partial charge in [-0.2, -0.15) is 0 Å². The SMILES string of the molecule is CO/N=C1\C(O)CC2C3CCc4cc(O)ccc4C3CCC12C. The van der Waals surface area contributed by atoms with E-state index in [2.05, 4.69) is 18.1 Å². The third-order valence-corrected chi connectivity index (χ3v) is 6.67. The van der Waals surface area contributed by atoms with Gasteiger partial charge in [-0.1, -0.05) is 18.1 Å². The second-order valence-electron chi connectivity index (χ2n) is 7.67. The van der Waals surface area contributed by atoms with E-state index < -0.39 is 6.10 Å². The number of hydrogen-bond donors (Lipinski definition) is 2. The molecule has 0 amide bonds. The molecule has 5 unspecified atom stereocenters. The van der Waals surface area contributed by atoms with Crippen LogP contribution in [0.1, 0.15) is 49.7 Å². The van der Waals surface area contributed by atoms with Gasteiger partial charge in [0, 0.05) is 5.41 Å². The minimum atomic E-state index is -0.468. The highest BCUT2D eigenvalue weighted by Gasteiger charge is 2.57. The van der Waals surface area contributed by atoms with Crippen molar-refractivity contribution in [3.05, 3.63) is 29.3 Å². The predicted octanol–water partition coefficient (Wildman–Crippen LogP) is 3.22. The molecule has 0 radical (unpaired) electrons. The monoisotopic (exact) mass is 315 g/mol. The zero-order valence-electron chi connectivity index (χ0n) is 13.8. The van der Waals surface area contributed by atoms with Gasteiger partial charge >= 0.3 is 0 Å². The second kappa shape index (κ2) is 5.23. The lowest BCUT2D eigenvalue weighted by molar-refractivity contribution is 0.0843. The van der Waals surface area contributed by atoms with Gasteiger partial charge in [-0.25, -0.2) is 0 Å². The third kappa shape index (κ3) is 2.11. The maximum atomic E-state index is 10.5. The molecule has 1 aromatic carbocycles. The van der Waals surface area contributed by atoms with E-state index in [9.17, 15) is 10.2 Å². The Bertz CT molecular complexity index is 656. The Morgan fingerprint density at radius 1 is 1.30 bits per heavy atom. The highest BCUT2D eigenvalue weighted by atomic mass is 16.6. The third-order valence-electron chi connectivity index (χ3n) is 6.67. The fourth-order valence-electron chi connectivity index (χ4n) is 5.64. The minimum absolute atomic E-state index is 0.0367. The number of phenols is 1. The lowest BCUT2D eigenvalue weighted by Crippen LogP contribution is -2.43. The van der Waals surface area contributed by atoms with Crippen LogP contribution < -0.4 is 0 Å². The summed E-state index contributed by atoms with van der Waals surface area (Å²) in [6, 6.07) is 5.86. The summed E-state index contributed by atoms with van der Waals surface area (Å²) in [6.07, 6.45) is 4.64. The molecule has 0 bridgehead atoms. The molecule has 4 heteroatoms. The molecule has 4 nitrogen and oxygen atoms in total. The van der Waals surface area contributed by atoms with Crippen molar-refractivity contribution in [3.8, 4) is 5.75 Å². The first kappa shape index (κ1) is 15.0. The van der Waals surface area contributed by atoms with Gasteiger partial charge < -0.3 is 15.1 Å². The van der Waals surface area contributed by atoms with Gasteiger partial charge in [0.25, 0.3) is 0 Å². The normalized spacial score (nSPS) is 40.4. The fourth-order valence-corrected chi connectivity index (χ4v) is 5.64. The molecule has 0 spiro atoms. The van der Waals surface area contributed by atoms with Crippen LogP contribution in [-0.2, 0) is 11.3 Å². The second-order valence-corrected chi connectivity index (χ2v) is 7.67. The number of aliphatic hydroxyl groups is 1. The van der Waals surface area contributed by atoms with E-state index in [1.54, 1.807) is 7.11 Å². The maximum absolute atomic E-state index is 10.5. The lowest BCUT2D eigenvalue weighted by atomic mass is 9.55. The molecule has 124 valence electrons. The van der Waals surface area contributed by atoms with Gasteiger partial charge in [0.2, 0.25) is 0 Å². The van der Waals surface area contributed by atoms with E-state index in [0.29, 0.717) is 23.5 Å². The van der Waals surface area contributed by atoms with Crippen LogP contribution in [0.2, 0.25) is 0 Å². The van der Waals surface area contributed by atoms with E-state index in [1.807, 2.05) is 12.1 Å². The molecular weight excluding hydrogens is 290 g/mol. The van der Waals surface area contributed by atoms with Crippen molar-refractivity contribution in [1.29, 1.82) is 0 Å². The van der Waals surface area contributed by atoms with Gasteiger partial charge in [0.05, 0.1) is 11.8 Å². The van der Waals surface area contributed by atoms with Crippen LogP contribution in [0.25, 0.3) is 0 Å². The van der Waals surface area contributed by atoms with Crippen molar-refractivity contribution >= 4 is 5.71 Å². The quantitative estimate of drug-likeness (QED) is 0.782. The molecule has 23 heavy (non-hydrogen) atoms. The van der Waals surface area contributed by atoms with Crippen LogP contribution in [0.3, 0.4) is 0 Å². The number of nitrogens with zero attached hydrogens (tertiary/aromatic N) is 1. The molecule has 2 fully saturated rings. The molecule has 5 atom stereocenters. The summed E-state index contributed by atoms with van der Waals surface area (Å²) in [6.45, 7) is 2.26. The molecular formula is C19H25NO3. The molecule has 1 aromatic rings. The number of fused-ring (bicyclic) bond motifs is 5. The van der Waals surface area contributed by atoms with Crippen molar-refractivity contribution in [2.24, 2.45) is 22.4 Å². The Labute approximate surface area is 137 Å². The molecule has 3 aliphatic rings. The van der Waals surface area contributed by atoms with Crippen LogP contribution in [0.5, 0.6) is 5.75 Å². The number of aromatic hydroxyl groups is 1. The lowest BCUT2D eigenvalue weighted by Gasteiger charge is -2.48. The average Bonchev–Trinajstić information content (AvgIpc) is 2.79. The summed E-state index contributed by atoms with van der Waals surface area (Å²) in [7, 11) is 1.56. The first-order valence-corrected chi connectivity index (χ1v) is 8.66.